The third kappa shape index (κ3) is 5.10. The minimum atomic E-state index is -0.426. The molecule has 1 heterocycles. The molecule has 1 saturated heterocycles. The van der Waals surface area contributed by atoms with Gasteiger partial charge in [-0.2, -0.15) is 0 Å². The monoisotopic (exact) mass is 295 g/mol. The Labute approximate surface area is 124 Å². The molecule has 0 aromatic heterocycles. The predicted octanol–water partition coefficient (Wildman–Crippen LogP) is 2.14. The van der Waals surface area contributed by atoms with Gasteiger partial charge in [0.15, 0.2) is 0 Å². The first kappa shape index (κ1) is 15.9. The molecule has 4 nitrogen and oxygen atoms in total. The van der Waals surface area contributed by atoms with E-state index in [9.17, 15) is 9.18 Å². The van der Waals surface area contributed by atoms with Crippen molar-refractivity contribution in [2.24, 2.45) is 5.92 Å². The fraction of sp³-hybridized carbons (Fsp3) is 0.562. The molecule has 0 spiro atoms. The van der Waals surface area contributed by atoms with Crippen molar-refractivity contribution in [3.8, 4) is 0 Å². The predicted molar refractivity (Wildman–Crippen MR) is 76.9 cm³/mol. The van der Waals surface area contributed by atoms with Gasteiger partial charge in [-0.3, -0.25) is 4.79 Å². The summed E-state index contributed by atoms with van der Waals surface area (Å²) < 4.78 is 18.6. The van der Waals surface area contributed by atoms with Crippen LogP contribution in [0.2, 0.25) is 0 Å². The Morgan fingerprint density at radius 2 is 2.33 bits per heavy atom. The van der Waals surface area contributed by atoms with Gasteiger partial charge in [-0.1, -0.05) is 6.07 Å². The molecule has 0 aliphatic carbocycles. The van der Waals surface area contributed by atoms with E-state index in [1.807, 2.05) is 0 Å². The maximum absolute atomic E-state index is 13.2. The Kier molecular flexibility index (Phi) is 6.14. The van der Waals surface area contributed by atoms with E-state index in [1.165, 1.54) is 6.07 Å². The lowest BCUT2D eigenvalue weighted by Crippen LogP contribution is -2.25. The quantitative estimate of drug-likeness (QED) is 0.845. The summed E-state index contributed by atoms with van der Waals surface area (Å²) in [6.07, 6.45) is 3.54. The van der Waals surface area contributed by atoms with Crippen molar-refractivity contribution in [2.45, 2.75) is 38.8 Å². The van der Waals surface area contributed by atoms with Crippen LogP contribution in [0.1, 0.15) is 36.8 Å². The zero-order valence-electron chi connectivity index (χ0n) is 12.1. The summed E-state index contributed by atoms with van der Waals surface area (Å²) in [4.78, 5) is 11.8. The number of aliphatic hydroxyl groups excluding tert-OH is 1. The average Bonchev–Trinajstić information content (AvgIpc) is 2.53. The fourth-order valence-corrected chi connectivity index (χ4v) is 2.52. The highest BCUT2D eigenvalue weighted by Gasteiger charge is 2.15. The van der Waals surface area contributed by atoms with Crippen molar-refractivity contribution in [3.63, 3.8) is 0 Å². The summed E-state index contributed by atoms with van der Waals surface area (Å²) in [5.41, 5.74) is 1.04. The molecule has 1 fully saturated rings. The summed E-state index contributed by atoms with van der Waals surface area (Å²) in [5.74, 6) is 0.0524. The fourth-order valence-electron chi connectivity index (χ4n) is 2.52. The highest BCUT2D eigenvalue weighted by atomic mass is 19.1. The largest absolute Gasteiger partial charge is 0.392 e. The Bertz CT molecular complexity index is 473. The van der Waals surface area contributed by atoms with Crippen LogP contribution >= 0.6 is 0 Å². The lowest BCUT2D eigenvalue weighted by Gasteiger charge is -2.21. The van der Waals surface area contributed by atoms with E-state index < -0.39 is 5.82 Å². The molecule has 1 aliphatic rings. The topological polar surface area (TPSA) is 58.6 Å². The molecule has 1 unspecified atom stereocenters. The van der Waals surface area contributed by atoms with Crippen LogP contribution in [0.25, 0.3) is 0 Å². The number of ether oxygens (including phenoxy) is 1. The van der Waals surface area contributed by atoms with Crippen LogP contribution in [0.15, 0.2) is 18.2 Å². The summed E-state index contributed by atoms with van der Waals surface area (Å²) in [5, 5.41) is 11.8. The van der Waals surface area contributed by atoms with Gasteiger partial charge in [-0.15, -0.1) is 0 Å². The molecule has 1 aromatic rings. The summed E-state index contributed by atoms with van der Waals surface area (Å²) in [6.45, 7) is 1.61. The number of carbonyl (C=O) groups excluding carboxylic acids is 1. The number of aliphatic hydroxyl groups is 1. The van der Waals surface area contributed by atoms with E-state index in [-0.39, 0.29) is 18.1 Å². The van der Waals surface area contributed by atoms with Crippen LogP contribution in [-0.2, 0) is 22.7 Å². The maximum atomic E-state index is 13.2. The van der Waals surface area contributed by atoms with Crippen molar-refractivity contribution >= 4 is 5.91 Å². The number of carbonyl (C=O) groups is 1. The molecule has 0 saturated carbocycles. The van der Waals surface area contributed by atoms with Crippen molar-refractivity contribution in [1.29, 1.82) is 0 Å². The molecule has 2 N–H and O–H groups in total. The average molecular weight is 295 g/mol. The smallest absolute Gasteiger partial charge is 0.220 e. The Balaban J connectivity index is 1.73. The zero-order chi connectivity index (χ0) is 15.1. The molecule has 116 valence electrons. The third-order valence-corrected chi connectivity index (χ3v) is 3.80. The third-order valence-electron chi connectivity index (χ3n) is 3.80. The molecule has 0 bridgehead atoms. The molecule has 1 amide bonds. The highest BCUT2D eigenvalue weighted by molar-refractivity contribution is 5.75. The van der Waals surface area contributed by atoms with Gasteiger partial charge in [0.1, 0.15) is 5.82 Å². The first-order valence-electron chi connectivity index (χ1n) is 7.41. The van der Waals surface area contributed by atoms with Crippen LogP contribution < -0.4 is 5.32 Å². The number of hydrogen-bond donors (Lipinski definition) is 2. The van der Waals surface area contributed by atoms with E-state index in [0.29, 0.717) is 18.9 Å². The number of rotatable bonds is 6. The van der Waals surface area contributed by atoms with Gasteiger partial charge in [0.2, 0.25) is 5.91 Å². The molecule has 1 aliphatic heterocycles. The highest BCUT2D eigenvalue weighted by Crippen LogP contribution is 2.18. The second-order valence-electron chi connectivity index (χ2n) is 5.48. The summed E-state index contributed by atoms with van der Waals surface area (Å²) in [7, 11) is 0. The lowest BCUT2D eigenvalue weighted by atomic mass is 9.97. The van der Waals surface area contributed by atoms with Crippen LogP contribution in [0.3, 0.4) is 0 Å². The molecule has 1 aromatic carbocycles. The van der Waals surface area contributed by atoms with Gasteiger partial charge in [0.25, 0.3) is 0 Å². The van der Waals surface area contributed by atoms with E-state index in [4.69, 9.17) is 9.84 Å². The van der Waals surface area contributed by atoms with E-state index in [2.05, 4.69) is 5.32 Å². The van der Waals surface area contributed by atoms with Crippen molar-refractivity contribution in [2.75, 3.05) is 13.2 Å². The van der Waals surface area contributed by atoms with Crippen LogP contribution in [0.5, 0.6) is 0 Å². The molecule has 1 atom stereocenters. The Hall–Kier alpha value is -1.46. The van der Waals surface area contributed by atoms with Gasteiger partial charge in [0.05, 0.1) is 6.61 Å². The standard InChI is InChI=1S/C16H22FNO3/c17-15-5-3-13(8-14(15)10-19)9-18-16(20)6-4-12-2-1-7-21-11-12/h3,5,8,12,19H,1-2,4,6-7,9-11H2,(H,18,20). The van der Waals surface area contributed by atoms with E-state index in [1.54, 1.807) is 12.1 Å². The normalized spacial score (nSPS) is 18.5. The van der Waals surface area contributed by atoms with Crippen LogP contribution in [0, 0.1) is 11.7 Å². The zero-order valence-corrected chi connectivity index (χ0v) is 12.1. The molecule has 21 heavy (non-hydrogen) atoms. The van der Waals surface area contributed by atoms with Gasteiger partial charge < -0.3 is 15.2 Å². The first-order valence-corrected chi connectivity index (χ1v) is 7.41. The summed E-state index contributed by atoms with van der Waals surface area (Å²) in [6, 6.07) is 4.50. The van der Waals surface area contributed by atoms with Gasteiger partial charge in [0, 0.05) is 31.7 Å². The molecule has 5 heteroatoms. The lowest BCUT2D eigenvalue weighted by molar-refractivity contribution is -0.121. The van der Waals surface area contributed by atoms with Gasteiger partial charge >= 0.3 is 0 Å². The maximum Gasteiger partial charge on any atom is 0.220 e. The molecule has 0 radical (unpaired) electrons. The van der Waals surface area contributed by atoms with Crippen molar-refractivity contribution in [1.82, 2.24) is 5.32 Å². The minimum absolute atomic E-state index is 0.00422. The second-order valence-corrected chi connectivity index (χ2v) is 5.48. The van der Waals surface area contributed by atoms with Crippen LogP contribution in [0.4, 0.5) is 4.39 Å². The van der Waals surface area contributed by atoms with E-state index in [0.717, 1.165) is 38.0 Å². The molecular formula is C16H22FNO3. The Morgan fingerprint density at radius 1 is 1.48 bits per heavy atom. The van der Waals surface area contributed by atoms with Gasteiger partial charge in [-0.05, 0) is 42.9 Å². The van der Waals surface area contributed by atoms with Crippen molar-refractivity contribution in [3.05, 3.63) is 35.1 Å². The Morgan fingerprint density at radius 3 is 3.05 bits per heavy atom. The van der Waals surface area contributed by atoms with E-state index >= 15 is 0 Å². The van der Waals surface area contributed by atoms with Crippen molar-refractivity contribution < 1.29 is 19.0 Å². The molecular weight excluding hydrogens is 273 g/mol. The molecule has 2 rings (SSSR count). The first-order chi connectivity index (χ1) is 10.2. The minimum Gasteiger partial charge on any atom is -0.392 e. The number of halogens is 1. The number of amides is 1. The SMILES string of the molecule is O=C(CCC1CCCOC1)NCc1ccc(F)c(CO)c1. The van der Waals surface area contributed by atoms with Gasteiger partial charge in [-0.25, -0.2) is 4.39 Å². The second kappa shape index (κ2) is 8.10. The van der Waals surface area contributed by atoms with Crippen LogP contribution in [-0.4, -0.2) is 24.2 Å². The number of hydrogen-bond acceptors (Lipinski definition) is 3. The summed E-state index contributed by atoms with van der Waals surface area (Å²) >= 11 is 0. The number of benzene rings is 1. The number of nitrogens with one attached hydrogen (secondary N) is 1.